The van der Waals surface area contributed by atoms with Crippen molar-refractivity contribution in [3.8, 4) is 0 Å². The molecule has 7 heteroatoms. The molecular weight excluding hydrogens is 260 g/mol. The molecule has 1 aromatic rings. The fourth-order valence-electron chi connectivity index (χ4n) is 2.56. The molecule has 1 fully saturated rings. The fourth-order valence-corrected chi connectivity index (χ4v) is 2.56. The van der Waals surface area contributed by atoms with Crippen molar-refractivity contribution in [2.24, 2.45) is 7.05 Å². The predicted octanol–water partition coefficient (Wildman–Crippen LogP) is -0.422. The molecule has 3 N–H and O–H groups in total. The molecule has 1 saturated carbocycles. The smallest absolute Gasteiger partial charge is 0.331 e. The van der Waals surface area contributed by atoms with Crippen LogP contribution in [0.25, 0.3) is 0 Å². The largest absolute Gasteiger partial charge is 0.393 e. The summed E-state index contributed by atoms with van der Waals surface area (Å²) in [5.41, 5.74) is 4.32. The van der Waals surface area contributed by atoms with Crippen LogP contribution in [-0.4, -0.2) is 21.1 Å². The Morgan fingerprint density at radius 1 is 1.35 bits per heavy atom. The lowest BCUT2D eigenvalue weighted by molar-refractivity contribution is -0.122. The Morgan fingerprint density at radius 3 is 2.65 bits per heavy atom. The van der Waals surface area contributed by atoms with E-state index < -0.39 is 11.2 Å². The van der Waals surface area contributed by atoms with Crippen LogP contribution in [-0.2, 0) is 18.4 Å². The first kappa shape index (κ1) is 14.4. The number of nitrogen functional groups attached to an aromatic ring is 1. The number of anilines is 1. The number of hydrogen-bond acceptors (Lipinski definition) is 4. The first-order valence-corrected chi connectivity index (χ1v) is 6.84. The van der Waals surface area contributed by atoms with Crippen molar-refractivity contribution < 1.29 is 4.79 Å². The van der Waals surface area contributed by atoms with Gasteiger partial charge in [0.25, 0.3) is 5.56 Å². The van der Waals surface area contributed by atoms with Crippen LogP contribution in [0.2, 0.25) is 0 Å². The van der Waals surface area contributed by atoms with Gasteiger partial charge >= 0.3 is 5.69 Å². The molecule has 2 rings (SSSR count). The van der Waals surface area contributed by atoms with Gasteiger partial charge in [-0.25, -0.2) is 9.36 Å². The van der Waals surface area contributed by atoms with Crippen molar-refractivity contribution in [2.45, 2.75) is 44.7 Å². The summed E-state index contributed by atoms with van der Waals surface area (Å²) in [7, 11) is 1.49. The van der Waals surface area contributed by atoms with E-state index in [0.29, 0.717) is 0 Å². The minimum Gasteiger partial charge on any atom is -0.393 e. The third kappa shape index (κ3) is 3.09. The minimum atomic E-state index is -0.619. The van der Waals surface area contributed by atoms with Crippen molar-refractivity contribution in [1.29, 1.82) is 0 Å². The van der Waals surface area contributed by atoms with E-state index in [-0.39, 0.29) is 24.2 Å². The Morgan fingerprint density at radius 2 is 2.00 bits per heavy atom. The second-order valence-corrected chi connectivity index (χ2v) is 5.27. The molecule has 0 aliphatic heterocycles. The van der Waals surface area contributed by atoms with E-state index in [1.54, 1.807) is 0 Å². The van der Waals surface area contributed by atoms with E-state index in [4.69, 9.17) is 5.73 Å². The highest BCUT2D eigenvalue weighted by Gasteiger charge is 2.17. The summed E-state index contributed by atoms with van der Waals surface area (Å²) in [5.74, 6) is -0.318. The summed E-state index contributed by atoms with van der Waals surface area (Å²) in [6.07, 6.45) is 6.57. The molecule has 0 radical (unpaired) electrons. The normalized spacial score (nSPS) is 16.1. The van der Waals surface area contributed by atoms with Crippen LogP contribution in [0, 0.1) is 0 Å². The molecule has 0 bridgehead atoms. The van der Waals surface area contributed by atoms with Crippen LogP contribution >= 0.6 is 0 Å². The van der Waals surface area contributed by atoms with Gasteiger partial charge in [0.05, 0.1) is 0 Å². The van der Waals surface area contributed by atoms with Crippen LogP contribution in [0.5, 0.6) is 0 Å². The molecule has 20 heavy (non-hydrogen) atoms. The number of nitrogens with one attached hydrogen (secondary N) is 1. The van der Waals surface area contributed by atoms with Gasteiger partial charge in [0.15, 0.2) is 0 Å². The standard InChI is InChI=1S/C13H20N4O3/c1-16-7-10(14)12(19)17(13(16)20)8-11(18)15-9-5-3-2-4-6-9/h7,9H,2-6,8,14H2,1H3,(H,15,18). The number of aromatic nitrogens is 2. The summed E-state index contributed by atoms with van der Waals surface area (Å²) >= 11 is 0. The zero-order valence-corrected chi connectivity index (χ0v) is 11.6. The van der Waals surface area contributed by atoms with Gasteiger partial charge in [-0.15, -0.1) is 0 Å². The summed E-state index contributed by atoms with van der Waals surface area (Å²) in [6, 6.07) is 0.150. The van der Waals surface area contributed by atoms with E-state index in [0.717, 1.165) is 30.3 Å². The van der Waals surface area contributed by atoms with Gasteiger partial charge < -0.3 is 15.6 Å². The topological polar surface area (TPSA) is 99.1 Å². The average Bonchev–Trinajstić information content (AvgIpc) is 2.42. The van der Waals surface area contributed by atoms with E-state index in [9.17, 15) is 14.4 Å². The number of carbonyl (C=O) groups is 1. The van der Waals surface area contributed by atoms with Crippen molar-refractivity contribution in [2.75, 3.05) is 5.73 Å². The molecule has 0 atom stereocenters. The minimum absolute atomic E-state index is 0.0439. The third-order valence-corrected chi connectivity index (χ3v) is 3.63. The maximum atomic E-state index is 11.9. The first-order valence-electron chi connectivity index (χ1n) is 6.84. The number of nitrogens with two attached hydrogens (primary N) is 1. The molecule has 1 aliphatic rings. The van der Waals surface area contributed by atoms with Gasteiger partial charge in [-0.1, -0.05) is 19.3 Å². The summed E-state index contributed by atoms with van der Waals surface area (Å²) in [5, 5.41) is 2.87. The maximum Gasteiger partial charge on any atom is 0.331 e. The van der Waals surface area contributed by atoms with Crippen LogP contribution in [0.1, 0.15) is 32.1 Å². The number of rotatable bonds is 3. The zero-order valence-electron chi connectivity index (χ0n) is 11.6. The quantitative estimate of drug-likeness (QED) is 0.785. The lowest BCUT2D eigenvalue weighted by Crippen LogP contribution is -2.45. The highest BCUT2D eigenvalue weighted by molar-refractivity contribution is 5.76. The summed E-state index contributed by atoms with van der Waals surface area (Å²) < 4.78 is 2.07. The van der Waals surface area contributed by atoms with Crippen LogP contribution < -0.4 is 22.3 Å². The van der Waals surface area contributed by atoms with Gasteiger partial charge in [0, 0.05) is 19.3 Å². The Kier molecular flexibility index (Phi) is 4.26. The Labute approximate surface area is 116 Å². The predicted molar refractivity (Wildman–Crippen MR) is 75.4 cm³/mol. The average molecular weight is 280 g/mol. The van der Waals surface area contributed by atoms with Crippen molar-refractivity contribution in [3.63, 3.8) is 0 Å². The molecule has 1 aliphatic carbocycles. The highest BCUT2D eigenvalue weighted by Crippen LogP contribution is 2.17. The summed E-state index contributed by atoms with van der Waals surface area (Å²) in [4.78, 5) is 35.6. The number of hydrogen-bond donors (Lipinski definition) is 2. The number of nitrogens with zero attached hydrogens (tertiary/aromatic N) is 2. The third-order valence-electron chi connectivity index (χ3n) is 3.63. The number of carbonyl (C=O) groups excluding carboxylic acids is 1. The Balaban J connectivity index is 2.11. The molecule has 1 aromatic heterocycles. The number of amides is 1. The molecule has 7 nitrogen and oxygen atoms in total. The molecule has 1 amide bonds. The maximum absolute atomic E-state index is 11.9. The molecule has 0 spiro atoms. The Bertz CT molecular complexity index is 577. The molecular formula is C13H20N4O3. The first-order chi connectivity index (χ1) is 9.49. The second-order valence-electron chi connectivity index (χ2n) is 5.27. The molecule has 0 aromatic carbocycles. The summed E-state index contributed by atoms with van der Waals surface area (Å²) in [6.45, 7) is -0.285. The SMILES string of the molecule is Cn1cc(N)c(=O)n(CC(=O)NC2CCCCC2)c1=O. The number of aryl methyl sites for hydroxylation is 1. The van der Waals surface area contributed by atoms with Crippen molar-refractivity contribution in [1.82, 2.24) is 14.5 Å². The molecule has 110 valence electrons. The van der Waals surface area contributed by atoms with Gasteiger partial charge in [-0.05, 0) is 12.8 Å². The van der Waals surface area contributed by atoms with Gasteiger partial charge in [0.1, 0.15) is 12.2 Å². The molecule has 1 heterocycles. The second kappa shape index (κ2) is 5.94. The molecule has 0 unspecified atom stereocenters. The van der Waals surface area contributed by atoms with Gasteiger partial charge in [0.2, 0.25) is 5.91 Å². The van der Waals surface area contributed by atoms with Crippen molar-refractivity contribution >= 4 is 11.6 Å². The monoisotopic (exact) mass is 280 g/mol. The lowest BCUT2D eigenvalue weighted by Gasteiger charge is -2.22. The van der Waals surface area contributed by atoms with Crippen LogP contribution in [0.15, 0.2) is 15.8 Å². The van der Waals surface area contributed by atoms with E-state index in [1.165, 1.54) is 24.2 Å². The molecule has 0 saturated heterocycles. The van der Waals surface area contributed by atoms with E-state index in [1.807, 2.05) is 0 Å². The van der Waals surface area contributed by atoms with Crippen molar-refractivity contribution in [3.05, 3.63) is 27.0 Å². The Hall–Kier alpha value is -2.05. The highest BCUT2D eigenvalue weighted by atomic mass is 16.2. The zero-order chi connectivity index (χ0) is 14.7. The fraction of sp³-hybridized carbons (Fsp3) is 0.615. The van der Waals surface area contributed by atoms with Gasteiger partial charge in [-0.2, -0.15) is 0 Å². The van der Waals surface area contributed by atoms with Gasteiger partial charge in [-0.3, -0.25) is 9.59 Å². The van der Waals surface area contributed by atoms with E-state index in [2.05, 4.69) is 5.32 Å². The van der Waals surface area contributed by atoms with Crippen LogP contribution in [0.3, 0.4) is 0 Å². The van der Waals surface area contributed by atoms with E-state index >= 15 is 0 Å². The lowest BCUT2D eigenvalue weighted by atomic mass is 9.95. The van der Waals surface area contributed by atoms with Crippen LogP contribution in [0.4, 0.5) is 5.69 Å².